The average Bonchev–Trinajstić information content (AvgIpc) is 3.17. The number of H-pyrrole nitrogens is 1. The first-order chi connectivity index (χ1) is 10.8. The van der Waals surface area contributed by atoms with E-state index in [0.717, 1.165) is 27.3 Å². The maximum Gasteiger partial charge on any atom is 0.205 e. The monoisotopic (exact) mass is 326 g/mol. The van der Waals surface area contributed by atoms with Crippen LogP contribution in [0, 0.1) is 0 Å². The fourth-order valence-corrected chi connectivity index (χ4v) is 3.00. The van der Waals surface area contributed by atoms with E-state index in [1.54, 1.807) is 11.3 Å². The number of aromatic amines is 1. The minimum atomic E-state index is 0.702. The summed E-state index contributed by atoms with van der Waals surface area (Å²) in [4.78, 5) is 12.2. The topological polar surface area (TPSA) is 53.6 Å². The Morgan fingerprint density at radius 3 is 2.73 bits per heavy atom. The lowest BCUT2D eigenvalue weighted by Crippen LogP contribution is -1.91. The minimum absolute atomic E-state index is 0.702. The van der Waals surface area contributed by atoms with Crippen molar-refractivity contribution in [3.05, 3.63) is 59.1 Å². The lowest BCUT2D eigenvalue weighted by molar-refractivity contribution is 1.31. The lowest BCUT2D eigenvalue weighted by atomic mass is 10.2. The quantitative estimate of drug-likeness (QED) is 0.551. The van der Waals surface area contributed by atoms with Gasteiger partial charge in [-0.2, -0.15) is 0 Å². The van der Waals surface area contributed by atoms with E-state index in [9.17, 15) is 0 Å². The molecule has 0 aliphatic carbocycles. The molecule has 0 fully saturated rings. The molecule has 2 aromatic carbocycles. The van der Waals surface area contributed by atoms with Gasteiger partial charge in [-0.25, -0.2) is 9.97 Å². The highest BCUT2D eigenvalue weighted by Gasteiger charge is 2.06. The highest BCUT2D eigenvalue weighted by atomic mass is 35.5. The smallest absolute Gasteiger partial charge is 0.205 e. The first-order valence-electron chi connectivity index (χ1n) is 6.70. The van der Waals surface area contributed by atoms with Crippen LogP contribution in [-0.2, 0) is 0 Å². The van der Waals surface area contributed by atoms with Gasteiger partial charge in [-0.1, -0.05) is 11.6 Å². The maximum atomic E-state index is 5.89. The minimum Gasteiger partial charge on any atom is -0.326 e. The van der Waals surface area contributed by atoms with E-state index >= 15 is 0 Å². The van der Waals surface area contributed by atoms with Crippen molar-refractivity contribution in [3.63, 3.8) is 0 Å². The van der Waals surface area contributed by atoms with Crippen LogP contribution >= 0.6 is 22.9 Å². The Morgan fingerprint density at radius 2 is 1.95 bits per heavy atom. The van der Waals surface area contributed by atoms with Gasteiger partial charge in [0.15, 0.2) is 0 Å². The van der Waals surface area contributed by atoms with E-state index in [-0.39, 0.29) is 0 Å². The molecule has 0 spiro atoms. The number of hydrogen-bond acceptors (Lipinski definition) is 4. The zero-order valence-electron chi connectivity index (χ0n) is 11.4. The number of fused-ring (bicyclic) bond motifs is 1. The third-order valence-electron chi connectivity index (χ3n) is 3.27. The molecule has 0 unspecified atom stereocenters. The second-order valence-corrected chi connectivity index (χ2v) is 6.12. The number of imidazole rings is 1. The SMILES string of the molecule is Clc1ccc(Nc2nc3ccc(-c4nccs4)cc3[nH]2)cc1. The van der Waals surface area contributed by atoms with Crippen molar-refractivity contribution in [1.82, 2.24) is 15.0 Å². The molecule has 4 aromatic rings. The van der Waals surface area contributed by atoms with Crippen LogP contribution in [0.1, 0.15) is 0 Å². The molecule has 0 bridgehead atoms. The van der Waals surface area contributed by atoms with Crippen LogP contribution in [0.3, 0.4) is 0 Å². The van der Waals surface area contributed by atoms with Crippen molar-refractivity contribution < 1.29 is 0 Å². The molecule has 0 atom stereocenters. The Morgan fingerprint density at radius 1 is 1.09 bits per heavy atom. The summed E-state index contributed by atoms with van der Waals surface area (Å²) in [6.07, 6.45) is 1.81. The van der Waals surface area contributed by atoms with Crippen LogP contribution in [-0.4, -0.2) is 15.0 Å². The molecule has 4 nitrogen and oxygen atoms in total. The van der Waals surface area contributed by atoms with Gasteiger partial charge in [-0.05, 0) is 42.5 Å². The van der Waals surface area contributed by atoms with Gasteiger partial charge in [-0.15, -0.1) is 11.3 Å². The van der Waals surface area contributed by atoms with E-state index in [0.29, 0.717) is 11.0 Å². The summed E-state index contributed by atoms with van der Waals surface area (Å²) in [6.45, 7) is 0. The van der Waals surface area contributed by atoms with Gasteiger partial charge in [0.2, 0.25) is 5.95 Å². The van der Waals surface area contributed by atoms with E-state index in [1.807, 2.05) is 48.0 Å². The molecule has 0 amide bonds. The molecule has 22 heavy (non-hydrogen) atoms. The van der Waals surface area contributed by atoms with Crippen LogP contribution in [0.25, 0.3) is 21.6 Å². The fraction of sp³-hybridized carbons (Fsp3) is 0. The fourth-order valence-electron chi connectivity index (χ4n) is 2.24. The van der Waals surface area contributed by atoms with Gasteiger partial charge in [-0.3, -0.25) is 0 Å². The van der Waals surface area contributed by atoms with Gasteiger partial charge >= 0.3 is 0 Å². The van der Waals surface area contributed by atoms with Crippen molar-refractivity contribution in [2.45, 2.75) is 0 Å². The highest BCUT2D eigenvalue weighted by molar-refractivity contribution is 7.13. The number of benzene rings is 2. The molecule has 0 aliphatic rings. The number of nitrogens with zero attached hydrogens (tertiary/aromatic N) is 2. The van der Waals surface area contributed by atoms with Crippen molar-refractivity contribution in [1.29, 1.82) is 0 Å². The number of hydrogen-bond donors (Lipinski definition) is 2. The second-order valence-electron chi connectivity index (χ2n) is 4.79. The normalized spacial score (nSPS) is 11.0. The predicted octanol–water partition coefficient (Wildman–Crippen LogP) is 5.08. The number of rotatable bonds is 3. The Balaban J connectivity index is 1.67. The molecule has 6 heteroatoms. The number of anilines is 2. The number of thiazole rings is 1. The van der Waals surface area contributed by atoms with Crippen LogP contribution < -0.4 is 5.32 Å². The summed E-state index contributed by atoms with van der Waals surface area (Å²) >= 11 is 7.51. The van der Waals surface area contributed by atoms with Crippen molar-refractivity contribution >= 4 is 45.6 Å². The molecule has 0 aliphatic heterocycles. The molecule has 0 saturated carbocycles. The van der Waals surface area contributed by atoms with Gasteiger partial charge < -0.3 is 10.3 Å². The van der Waals surface area contributed by atoms with Crippen LogP contribution in [0.2, 0.25) is 5.02 Å². The van der Waals surface area contributed by atoms with Crippen LogP contribution in [0.5, 0.6) is 0 Å². The van der Waals surface area contributed by atoms with E-state index in [1.165, 1.54) is 0 Å². The first kappa shape index (κ1) is 13.3. The van der Waals surface area contributed by atoms with Gasteiger partial charge in [0.25, 0.3) is 0 Å². The standard InChI is InChI=1S/C16H11ClN4S/c17-11-2-4-12(5-3-11)19-16-20-13-6-1-10(9-14(13)21-16)15-18-7-8-22-15/h1-9H,(H2,19,20,21). The maximum absolute atomic E-state index is 5.89. The molecule has 2 aromatic heterocycles. The third-order valence-corrected chi connectivity index (χ3v) is 4.34. The predicted molar refractivity (Wildman–Crippen MR) is 91.9 cm³/mol. The third kappa shape index (κ3) is 2.56. The molecule has 2 heterocycles. The summed E-state index contributed by atoms with van der Waals surface area (Å²) in [6, 6.07) is 13.6. The molecule has 4 rings (SSSR count). The Labute approximate surface area is 135 Å². The molecule has 0 radical (unpaired) electrons. The Hall–Kier alpha value is -2.37. The van der Waals surface area contributed by atoms with Crippen molar-refractivity contribution in [2.75, 3.05) is 5.32 Å². The first-order valence-corrected chi connectivity index (χ1v) is 7.96. The Bertz CT molecular complexity index is 913. The van der Waals surface area contributed by atoms with E-state index < -0.39 is 0 Å². The summed E-state index contributed by atoms with van der Waals surface area (Å²) in [7, 11) is 0. The molecule has 2 N–H and O–H groups in total. The van der Waals surface area contributed by atoms with Gasteiger partial charge in [0, 0.05) is 27.9 Å². The summed E-state index contributed by atoms with van der Waals surface area (Å²) in [5.41, 5.74) is 3.91. The zero-order chi connectivity index (χ0) is 14.9. The molecular formula is C16H11ClN4S. The summed E-state index contributed by atoms with van der Waals surface area (Å²) in [5, 5.41) is 6.92. The highest BCUT2D eigenvalue weighted by Crippen LogP contribution is 2.26. The number of halogens is 1. The molecular weight excluding hydrogens is 316 g/mol. The zero-order valence-corrected chi connectivity index (χ0v) is 12.9. The van der Waals surface area contributed by atoms with Gasteiger partial charge in [0.1, 0.15) is 5.01 Å². The van der Waals surface area contributed by atoms with Crippen LogP contribution in [0.4, 0.5) is 11.6 Å². The number of aromatic nitrogens is 3. The largest absolute Gasteiger partial charge is 0.326 e. The summed E-state index contributed by atoms with van der Waals surface area (Å²) in [5.74, 6) is 0.702. The second kappa shape index (κ2) is 5.44. The lowest BCUT2D eigenvalue weighted by Gasteiger charge is -2.01. The molecule has 0 saturated heterocycles. The number of nitrogens with one attached hydrogen (secondary N) is 2. The Kier molecular flexibility index (Phi) is 3.29. The van der Waals surface area contributed by atoms with E-state index in [4.69, 9.17) is 11.6 Å². The van der Waals surface area contributed by atoms with Crippen molar-refractivity contribution in [2.24, 2.45) is 0 Å². The average molecular weight is 327 g/mol. The van der Waals surface area contributed by atoms with Crippen LogP contribution in [0.15, 0.2) is 54.0 Å². The molecule has 108 valence electrons. The van der Waals surface area contributed by atoms with Crippen molar-refractivity contribution in [3.8, 4) is 10.6 Å². The van der Waals surface area contributed by atoms with Gasteiger partial charge in [0.05, 0.1) is 11.0 Å². The summed E-state index contributed by atoms with van der Waals surface area (Å²) < 4.78 is 0. The van der Waals surface area contributed by atoms with E-state index in [2.05, 4.69) is 26.3 Å².